The van der Waals surface area contributed by atoms with Crippen molar-refractivity contribution in [1.29, 1.82) is 0 Å². The van der Waals surface area contributed by atoms with Crippen LogP contribution >= 0.6 is 11.3 Å². The van der Waals surface area contributed by atoms with E-state index in [1.54, 1.807) is 34.7 Å². The maximum atomic E-state index is 12.5. The molecule has 0 radical (unpaired) electrons. The number of thiazole rings is 1. The average molecular weight is 425 g/mol. The number of piperidine rings is 1. The smallest absolute Gasteiger partial charge is 0.257 e. The van der Waals surface area contributed by atoms with Crippen molar-refractivity contribution in [3.05, 3.63) is 59.1 Å². The molecule has 0 bridgehead atoms. The number of pyridine rings is 1. The van der Waals surface area contributed by atoms with Crippen molar-refractivity contribution in [1.82, 2.24) is 20.2 Å². The zero-order chi connectivity index (χ0) is 20.8. The first kappa shape index (κ1) is 20.3. The lowest BCUT2D eigenvalue weighted by atomic mass is 9.95. The summed E-state index contributed by atoms with van der Waals surface area (Å²) < 4.78 is 4.98. The van der Waals surface area contributed by atoms with Crippen molar-refractivity contribution in [2.24, 2.45) is 5.92 Å². The lowest BCUT2D eigenvalue weighted by molar-refractivity contribution is -0.126. The van der Waals surface area contributed by atoms with E-state index in [1.165, 1.54) is 12.5 Å². The van der Waals surface area contributed by atoms with Gasteiger partial charge in [-0.05, 0) is 37.5 Å². The summed E-state index contributed by atoms with van der Waals surface area (Å²) in [4.78, 5) is 35.3. The lowest BCUT2D eigenvalue weighted by Gasteiger charge is -2.31. The van der Waals surface area contributed by atoms with Gasteiger partial charge in [0.15, 0.2) is 0 Å². The number of carbonyl (C=O) groups is 2. The monoisotopic (exact) mass is 424 g/mol. The number of nitrogens with zero attached hydrogens (tertiary/aromatic N) is 3. The van der Waals surface area contributed by atoms with Gasteiger partial charge >= 0.3 is 0 Å². The molecule has 3 aromatic heterocycles. The van der Waals surface area contributed by atoms with Crippen LogP contribution in [0.5, 0.6) is 0 Å². The van der Waals surface area contributed by atoms with E-state index in [2.05, 4.69) is 20.7 Å². The van der Waals surface area contributed by atoms with E-state index in [1.807, 2.05) is 12.1 Å². The summed E-state index contributed by atoms with van der Waals surface area (Å²) in [5, 5.41) is 6.17. The quantitative estimate of drug-likeness (QED) is 0.587. The molecule has 0 saturated carbocycles. The Morgan fingerprint density at radius 2 is 2.00 bits per heavy atom. The van der Waals surface area contributed by atoms with Gasteiger partial charge in [-0.25, -0.2) is 4.98 Å². The molecular weight excluding hydrogens is 400 g/mol. The van der Waals surface area contributed by atoms with Crippen molar-refractivity contribution in [2.75, 3.05) is 19.6 Å². The van der Waals surface area contributed by atoms with Gasteiger partial charge < -0.3 is 14.6 Å². The largest absolute Gasteiger partial charge is 0.472 e. The van der Waals surface area contributed by atoms with Crippen molar-refractivity contribution in [3.63, 3.8) is 0 Å². The van der Waals surface area contributed by atoms with Gasteiger partial charge in [0, 0.05) is 55.3 Å². The zero-order valence-corrected chi connectivity index (χ0v) is 17.4. The topological polar surface area (TPSA) is 88.3 Å². The second-order valence-electron chi connectivity index (χ2n) is 7.34. The second kappa shape index (κ2) is 9.67. The van der Waals surface area contributed by atoms with Crippen molar-refractivity contribution in [2.45, 2.75) is 25.7 Å². The van der Waals surface area contributed by atoms with Crippen LogP contribution in [-0.2, 0) is 11.2 Å². The standard InChI is InChI=1S/C22H24N4O3S/c27-21(17-5-11-26(12-6-17)22(28)18-7-13-29-14-18)24-8-1-2-20-25-19(15-30-20)16-3-9-23-10-4-16/h3-4,7,9-10,13-15,17H,1-2,5-6,8,11-12H2,(H,24,27). The van der Waals surface area contributed by atoms with Crippen LogP contribution in [0, 0.1) is 5.92 Å². The molecule has 1 fully saturated rings. The molecule has 0 unspecified atom stereocenters. The highest BCUT2D eigenvalue weighted by Gasteiger charge is 2.27. The minimum atomic E-state index is -0.0310. The maximum absolute atomic E-state index is 12.5. The van der Waals surface area contributed by atoms with Crippen LogP contribution in [0.4, 0.5) is 0 Å². The summed E-state index contributed by atoms with van der Waals surface area (Å²) in [6.07, 6.45) is 9.57. The Kier molecular flexibility index (Phi) is 6.53. The maximum Gasteiger partial charge on any atom is 0.257 e. The molecule has 0 spiro atoms. The van der Waals surface area contributed by atoms with Gasteiger partial charge in [-0.15, -0.1) is 11.3 Å². The van der Waals surface area contributed by atoms with E-state index >= 15 is 0 Å². The van der Waals surface area contributed by atoms with Gasteiger partial charge in [0.1, 0.15) is 6.26 Å². The fourth-order valence-corrected chi connectivity index (χ4v) is 4.44. The molecule has 1 aliphatic heterocycles. The van der Waals surface area contributed by atoms with Crippen LogP contribution in [0.15, 0.2) is 52.9 Å². The summed E-state index contributed by atoms with van der Waals surface area (Å²) in [5.41, 5.74) is 2.60. The minimum absolute atomic E-state index is 0.0304. The van der Waals surface area contributed by atoms with E-state index in [-0.39, 0.29) is 17.7 Å². The van der Waals surface area contributed by atoms with Gasteiger partial charge in [-0.3, -0.25) is 14.6 Å². The van der Waals surface area contributed by atoms with Crippen LogP contribution in [0.2, 0.25) is 0 Å². The zero-order valence-electron chi connectivity index (χ0n) is 16.6. The minimum Gasteiger partial charge on any atom is -0.472 e. The number of aryl methyl sites for hydroxylation is 1. The summed E-state index contributed by atoms with van der Waals surface area (Å²) in [6.45, 7) is 1.83. The van der Waals surface area contributed by atoms with Crippen LogP contribution in [0.1, 0.15) is 34.6 Å². The fraction of sp³-hybridized carbons (Fsp3) is 0.364. The predicted octanol–water partition coefficient (Wildman–Crippen LogP) is 3.40. The molecule has 1 saturated heterocycles. The highest BCUT2D eigenvalue weighted by molar-refractivity contribution is 7.09. The number of nitrogens with one attached hydrogen (secondary N) is 1. The first-order valence-corrected chi connectivity index (χ1v) is 11.0. The molecule has 0 atom stereocenters. The summed E-state index contributed by atoms with van der Waals surface area (Å²) in [5.74, 6) is 0.0239. The van der Waals surface area contributed by atoms with Crippen molar-refractivity contribution < 1.29 is 14.0 Å². The van der Waals surface area contributed by atoms with E-state index in [0.717, 1.165) is 29.1 Å². The molecule has 8 heteroatoms. The Balaban J connectivity index is 1.16. The molecular formula is C22H24N4O3S. The molecule has 4 rings (SSSR count). The van der Waals surface area contributed by atoms with Gasteiger partial charge in [0.05, 0.1) is 22.5 Å². The lowest BCUT2D eigenvalue weighted by Crippen LogP contribution is -2.43. The first-order valence-electron chi connectivity index (χ1n) is 10.1. The molecule has 3 aromatic rings. The summed E-state index contributed by atoms with van der Waals surface area (Å²) in [7, 11) is 0. The Morgan fingerprint density at radius 1 is 1.20 bits per heavy atom. The number of amides is 2. The molecule has 0 aliphatic carbocycles. The Bertz CT molecular complexity index is 963. The molecule has 1 aliphatic rings. The van der Waals surface area contributed by atoms with E-state index < -0.39 is 0 Å². The average Bonchev–Trinajstić information content (AvgIpc) is 3.49. The third kappa shape index (κ3) is 4.94. The molecule has 156 valence electrons. The third-order valence-corrected chi connectivity index (χ3v) is 6.22. The van der Waals surface area contributed by atoms with Gasteiger partial charge in [0.25, 0.3) is 5.91 Å². The SMILES string of the molecule is O=C(NCCCc1nc(-c2ccncc2)cs1)C1CCN(C(=O)c2ccoc2)CC1. The Hall–Kier alpha value is -3.00. The number of hydrogen-bond donors (Lipinski definition) is 1. The molecule has 0 aromatic carbocycles. The Labute approximate surface area is 179 Å². The molecule has 2 amide bonds. The predicted molar refractivity (Wildman–Crippen MR) is 114 cm³/mol. The summed E-state index contributed by atoms with van der Waals surface area (Å²) >= 11 is 1.64. The van der Waals surface area contributed by atoms with Gasteiger partial charge in [-0.2, -0.15) is 0 Å². The highest BCUT2D eigenvalue weighted by Crippen LogP contribution is 2.22. The van der Waals surface area contributed by atoms with Gasteiger partial charge in [0.2, 0.25) is 5.91 Å². The van der Waals surface area contributed by atoms with E-state index in [9.17, 15) is 9.59 Å². The Morgan fingerprint density at radius 3 is 2.73 bits per heavy atom. The van der Waals surface area contributed by atoms with Crippen molar-refractivity contribution in [3.8, 4) is 11.3 Å². The number of likely N-dealkylation sites (tertiary alicyclic amines) is 1. The number of aromatic nitrogens is 2. The summed E-state index contributed by atoms with van der Waals surface area (Å²) in [6, 6.07) is 5.57. The number of rotatable bonds is 7. The van der Waals surface area contributed by atoms with Crippen molar-refractivity contribution >= 4 is 23.2 Å². The number of furan rings is 1. The highest BCUT2D eigenvalue weighted by atomic mass is 32.1. The van der Waals surface area contributed by atoms with Crippen LogP contribution in [-0.4, -0.2) is 46.3 Å². The van der Waals surface area contributed by atoms with Crippen LogP contribution in [0.3, 0.4) is 0 Å². The van der Waals surface area contributed by atoms with E-state index in [0.29, 0.717) is 38.0 Å². The van der Waals surface area contributed by atoms with E-state index in [4.69, 9.17) is 4.42 Å². The van der Waals surface area contributed by atoms with Crippen LogP contribution < -0.4 is 5.32 Å². The molecule has 30 heavy (non-hydrogen) atoms. The second-order valence-corrected chi connectivity index (χ2v) is 8.28. The third-order valence-electron chi connectivity index (χ3n) is 5.32. The van der Waals surface area contributed by atoms with Gasteiger partial charge in [-0.1, -0.05) is 0 Å². The normalized spacial score (nSPS) is 14.6. The molecule has 4 heterocycles. The fourth-order valence-electron chi connectivity index (χ4n) is 3.59. The molecule has 1 N–H and O–H groups in total. The van der Waals surface area contributed by atoms with Crippen LogP contribution in [0.25, 0.3) is 11.3 Å². The molecule has 7 nitrogen and oxygen atoms in total. The number of carbonyl (C=O) groups excluding carboxylic acids is 2. The first-order chi connectivity index (χ1) is 14.7. The number of hydrogen-bond acceptors (Lipinski definition) is 6.